The number of nitrogens with two attached hydrogens (primary N) is 1. The van der Waals surface area contributed by atoms with Gasteiger partial charge in [0.25, 0.3) is 5.91 Å². The summed E-state index contributed by atoms with van der Waals surface area (Å²) >= 11 is 6.24. The third-order valence-corrected chi connectivity index (χ3v) is 14.5. The molecule has 4 N–H and O–H groups in total. The number of thioether (sulfide) groups is 2. The predicted octanol–water partition coefficient (Wildman–Crippen LogP) is 7.67. The monoisotopic (exact) mass is 994 g/mol. The van der Waals surface area contributed by atoms with Gasteiger partial charge in [-0.2, -0.15) is 23.5 Å². The van der Waals surface area contributed by atoms with Gasteiger partial charge in [0.2, 0.25) is 0 Å². The van der Waals surface area contributed by atoms with Gasteiger partial charge in [-0.05, 0) is 73.3 Å². The molecule has 0 unspecified atom stereocenters. The van der Waals surface area contributed by atoms with Gasteiger partial charge < -0.3 is 16.2 Å². The number of amides is 1. The number of thiazole rings is 2. The fraction of sp³-hybridized carbons (Fsp3) is 0.261. The largest absolute Gasteiger partial charge is 0.478 e. The van der Waals surface area contributed by atoms with Crippen molar-refractivity contribution < 1.29 is 41.1 Å². The van der Waals surface area contributed by atoms with Gasteiger partial charge in [0.1, 0.15) is 10.0 Å². The van der Waals surface area contributed by atoms with E-state index in [4.69, 9.17) is 10.8 Å². The van der Waals surface area contributed by atoms with Crippen molar-refractivity contribution in [1.82, 2.24) is 15.3 Å². The Morgan fingerprint density at radius 3 is 1.55 bits per heavy atom. The second-order valence-corrected chi connectivity index (χ2v) is 22.3. The van der Waals surface area contributed by atoms with Gasteiger partial charge >= 0.3 is 5.97 Å². The van der Waals surface area contributed by atoms with Gasteiger partial charge in [-0.25, -0.2) is 31.6 Å². The first-order chi connectivity index (χ1) is 30.9. The number of nitrogens with zero attached hydrogens (tertiary/aromatic N) is 2. The summed E-state index contributed by atoms with van der Waals surface area (Å²) in [5.41, 5.74) is 9.87. The number of hydrogen-bond donors (Lipinski definition) is 3. The van der Waals surface area contributed by atoms with E-state index in [1.54, 1.807) is 23.5 Å². The molecule has 65 heavy (non-hydrogen) atoms. The van der Waals surface area contributed by atoms with Crippen molar-refractivity contribution in [2.24, 2.45) is 5.73 Å². The number of benzene rings is 4. The lowest BCUT2D eigenvalue weighted by Crippen LogP contribution is -2.42. The molecule has 0 aliphatic carbocycles. The average Bonchev–Trinajstić information content (AvgIpc) is 3.97. The van der Waals surface area contributed by atoms with Crippen LogP contribution in [-0.4, -0.2) is 104 Å². The van der Waals surface area contributed by atoms with Gasteiger partial charge in [0.05, 0.1) is 51.7 Å². The number of Topliss-reactive ketones (excluding diaryl/α,β-unsaturated/α-hetero) is 2. The number of carbonyl (C=O) groups is 4. The van der Waals surface area contributed by atoms with Gasteiger partial charge in [-0.3, -0.25) is 14.4 Å². The molecule has 0 aliphatic heterocycles. The summed E-state index contributed by atoms with van der Waals surface area (Å²) in [5, 5.41) is 16.8. The minimum Gasteiger partial charge on any atom is -0.478 e. The number of carboxylic acid groups (broad SMARTS) is 1. The van der Waals surface area contributed by atoms with E-state index in [1.807, 2.05) is 83.9 Å². The van der Waals surface area contributed by atoms with E-state index < -0.39 is 37.6 Å². The van der Waals surface area contributed by atoms with E-state index in [2.05, 4.69) is 15.3 Å². The summed E-state index contributed by atoms with van der Waals surface area (Å²) in [7, 11) is -6.76. The molecule has 2 heterocycles. The van der Waals surface area contributed by atoms with Crippen LogP contribution in [-0.2, 0) is 42.1 Å². The van der Waals surface area contributed by atoms with Crippen molar-refractivity contribution in [3.8, 4) is 22.5 Å². The van der Waals surface area contributed by atoms with E-state index >= 15 is 0 Å². The van der Waals surface area contributed by atoms with Crippen molar-refractivity contribution >= 4 is 89.3 Å². The highest BCUT2D eigenvalue weighted by atomic mass is 32.2. The SMILES string of the molecule is CS(=O)(=O)c1cccc(C(=O)O)c1.CSCC[C@H](N)C(=O)Cc1nc(-c2ccccc2)cs1.CSCC[C@H](NC(=O)c1cccc(S(C)(=O)=O)c1)C(=O)Cc1nc(-c2ccccc2)cs1. The van der Waals surface area contributed by atoms with E-state index in [0.29, 0.717) is 23.6 Å². The van der Waals surface area contributed by atoms with Crippen LogP contribution in [0.5, 0.6) is 0 Å². The highest BCUT2D eigenvalue weighted by molar-refractivity contribution is 7.98. The van der Waals surface area contributed by atoms with Crippen molar-refractivity contribution in [2.45, 2.75) is 47.6 Å². The fourth-order valence-corrected chi connectivity index (χ4v) is 9.66. The molecule has 0 bridgehead atoms. The summed E-state index contributed by atoms with van der Waals surface area (Å²) in [4.78, 5) is 57.4. The van der Waals surface area contributed by atoms with Gasteiger partial charge in [-0.1, -0.05) is 72.8 Å². The molecule has 0 aliphatic rings. The van der Waals surface area contributed by atoms with Crippen LogP contribution in [0.25, 0.3) is 22.5 Å². The summed E-state index contributed by atoms with van der Waals surface area (Å²) < 4.78 is 45.6. The molecule has 1 amide bonds. The molecule has 0 radical (unpaired) electrons. The highest BCUT2D eigenvalue weighted by Crippen LogP contribution is 2.24. The summed E-state index contributed by atoms with van der Waals surface area (Å²) in [5.74, 6) is -0.0361. The van der Waals surface area contributed by atoms with Crippen LogP contribution in [0.2, 0.25) is 0 Å². The number of rotatable bonds is 19. The van der Waals surface area contributed by atoms with Crippen LogP contribution in [0, 0.1) is 0 Å². The number of hydrogen-bond acceptors (Lipinski definition) is 15. The second-order valence-electron chi connectivity index (χ2n) is 14.4. The van der Waals surface area contributed by atoms with Crippen LogP contribution in [0.1, 0.15) is 43.6 Å². The van der Waals surface area contributed by atoms with Crippen molar-refractivity contribution in [2.75, 3.05) is 36.5 Å². The Kier molecular flexibility index (Phi) is 20.7. The molecular formula is C46H50N4O9S6. The van der Waals surface area contributed by atoms with Crippen LogP contribution < -0.4 is 11.1 Å². The Balaban J connectivity index is 0.000000238. The zero-order valence-corrected chi connectivity index (χ0v) is 41.0. The van der Waals surface area contributed by atoms with E-state index in [-0.39, 0.29) is 44.9 Å². The number of sulfone groups is 2. The molecule has 4 aromatic carbocycles. The number of nitrogens with one attached hydrogen (secondary N) is 1. The minimum absolute atomic E-state index is 0.0207. The van der Waals surface area contributed by atoms with Gasteiger partial charge in [0, 0.05) is 40.0 Å². The molecule has 0 saturated carbocycles. The zero-order valence-electron chi connectivity index (χ0n) is 36.1. The molecule has 344 valence electrons. The number of aromatic carboxylic acids is 1. The van der Waals surface area contributed by atoms with E-state index in [9.17, 15) is 36.0 Å². The summed E-state index contributed by atoms with van der Waals surface area (Å²) in [6.07, 6.45) is 7.76. The molecule has 19 heteroatoms. The van der Waals surface area contributed by atoms with Crippen LogP contribution >= 0.6 is 46.2 Å². The number of carbonyl (C=O) groups excluding carboxylic acids is 3. The molecule has 0 fully saturated rings. The molecule has 2 aromatic heterocycles. The predicted molar refractivity (Wildman–Crippen MR) is 264 cm³/mol. The smallest absolute Gasteiger partial charge is 0.335 e. The lowest BCUT2D eigenvalue weighted by atomic mass is 10.1. The molecular weight excluding hydrogens is 945 g/mol. The van der Waals surface area contributed by atoms with Crippen LogP contribution in [0.3, 0.4) is 0 Å². The lowest BCUT2D eigenvalue weighted by Gasteiger charge is -2.17. The first kappa shape index (κ1) is 52.6. The number of carboxylic acids is 1. The third kappa shape index (κ3) is 17.4. The first-order valence-electron chi connectivity index (χ1n) is 19.8. The molecule has 6 aromatic rings. The summed E-state index contributed by atoms with van der Waals surface area (Å²) in [6.45, 7) is 0. The maximum Gasteiger partial charge on any atom is 0.335 e. The Labute approximate surface area is 396 Å². The quantitative estimate of drug-likeness (QED) is 0.0709. The van der Waals surface area contributed by atoms with Gasteiger partial charge in [-0.15, -0.1) is 22.7 Å². The lowest BCUT2D eigenvalue weighted by molar-refractivity contribution is -0.120. The Morgan fingerprint density at radius 1 is 0.646 bits per heavy atom. The van der Waals surface area contributed by atoms with Crippen molar-refractivity contribution in [1.29, 1.82) is 0 Å². The standard InChI is InChI=1S/C23H24N2O4S3.C15H18N2OS2.C8H8O4S/c1-30-12-11-19(25-23(27)17-9-6-10-18(13-17)32(2,28)29)21(26)14-22-24-20(15-31-22)16-7-4-3-5-8-16;1-19-8-7-12(16)14(18)9-15-17-13(10-20-15)11-5-3-2-4-6-11;1-13(11,12)7-4-2-3-6(5-7)8(9)10/h3-10,13,15,19H,11-12,14H2,1-2H3,(H,25,27);2-6,10,12H,7-9,16H2,1H3;2-5H,1H3,(H,9,10)/t19-;12-;/m00./s1. The van der Waals surface area contributed by atoms with Crippen LogP contribution in [0.4, 0.5) is 0 Å². The van der Waals surface area contributed by atoms with Crippen molar-refractivity contribution in [3.05, 3.63) is 141 Å². The van der Waals surface area contributed by atoms with Gasteiger partial charge in [0.15, 0.2) is 31.2 Å². The molecule has 6 rings (SSSR count). The van der Waals surface area contributed by atoms with Crippen LogP contribution in [0.15, 0.2) is 130 Å². The molecule has 13 nitrogen and oxygen atoms in total. The normalized spacial score (nSPS) is 12.1. The highest BCUT2D eigenvalue weighted by Gasteiger charge is 2.23. The minimum atomic E-state index is -3.44. The topological polar surface area (TPSA) is 221 Å². The Hall–Kier alpha value is -5.02. The maximum atomic E-state index is 13.0. The third-order valence-electron chi connectivity index (χ3n) is 9.28. The number of ketones is 2. The molecule has 0 spiro atoms. The Morgan fingerprint density at radius 2 is 1.09 bits per heavy atom. The average molecular weight is 995 g/mol. The Bertz CT molecular complexity index is 2740. The maximum absolute atomic E-state index is 13.0. The van der Waals surface area contributed by atoms with Crippen molar-refractivity contribution in [3.63, 3.8) is 0 Å². The fourth-order valence-electron chi connectivity index (χ4n) is 5.74. The zero-order chi connectivity index (χ0) is 47.6. The number of aromatic nitrogens is 2. The first-order valence-corrected chi connectivity index (χ1v) is 28.2. The second kappa shape index (κ2) is 25.6. The van der Waals surface area contributed by atoms with E-state index in [1.165, 1.54) is 65.1 Å². The molecule has 0 saturated heterocycles. The summed E-state index contributed by atoms with van der Waals surface area (Å²) in [6, 6.07) is 29.7. The van der Waals surface area contributed by atoms with E-state index in [0.717, 1.165) is 58.3 Å². The molecule has 2 atom stereocenters.